The number of benzene rings is 2. The van der Waals surface area contributed by atoms with E-state index in [1.807, 2.05) is 38.1 Å². The largest absolute Gasteiger partial charge is 0.488 e. The smallest absolute Gasteiger partial charge is 0.191 e. The average molecular weight is 351 g/mol. The molecule has 2 aromatic rings. The number of fused-ring (bicyclic) bond motifs is 1. The molecule has 132 valence electrons. The van der Waals surface area contributed by atoms with Crippen molar-refractivity contribution in [3.05, 3.63) is 40.9 Å². The molecule has 0 bridgehead atoms. The zero-order valence-electron chi connectivity index (χ0n) is 15.2. The Morgan fingerprint density at radius 2 is 1.67 bits per heavy atom. The first kappa shape index (κ1) is 19.0. The van der Waals surface area contributed by atoms with Gasteiger partial charge in [-0.15, -0.1) is 0 Å². The van der Waals surface area contributed by atoms with Gasteiger partial charge in [0.1, 0.15) is 12.4 Å². The lowest BCUT2D eigenvalue weighted by Crippen LogP contribution is -2.26. The summed E-state index contributed by atoms with van der Waals surface area (Å²) in [6, 6.07) is 10.0. The van der Waals surface area contributed by atoms with Crippen molar-refractivity contribution in [2.24, 2.45) is 0 Å². The van der Waals surface area contributed by atoms with Gasteiger partial charge in [0.25, 0.3) is 0 Å². The SMILES string of the molecule is CCOC(COc1ccc2cc(Cl)ccc2c1C(C)(C)C)OCC. The van der Waals surface area contributed by atoms with E-state index >= 15 is 0 Å². The molecule has 2 rings (SSSR count). The highest BCUT2D eigenvalue weighted by Crippen LogP contribution is 2.38. The summed E-state index contributed by atoms with van der Waals surface area (Å²) in [5.74, 6) is 0.863. The lowest BCUT2D eigenvalue weighted by molar-refractivity contribution is -0.152. The van der Waals surface area contributed by atoms with Crippen LogP contribution < -0.4 is 4.74 Å². The van der Waals surface area contributed by atoms with E-state index in [1.165, 1.54) is 5.56 Å². The first-order valence-electron chi connectivity index (χ1n) is 8.45. The lowest BCUT2D eigenvalue weighted by atomic mass is 9.83. The number of rotatable bonds is 7. The summed E-state index contributed by atoms with van der Waals surface area (Å²) in [7, 11) is 0. The van der Waals surface area contributed by atoms with Crippen LogP contribution in [0.3, 0.4) is 0 Å². The molecule has 2 aromatic carbocycles. The zero-order valence-corrected chi connectivity index (χ0v) is 15.9. The van der Waals surface area contributed by atoms with Gasteiger partial charge >= 0.3 is 0 Å². The third-order valence-electron chi connectivity index (χ3n) is 3.77. The molecule has 0 aliphatic rings. The van der Waals surface area contributed by atoms with E-state index < -0.39 is 0 Å². The molecule has 0 aliphatic carbocycles. The maximum atomic E-state index is 6.13. The van der Waals surface area contributed by atoms with E-state index in [2.05, 4.69) is 26.8 Å². The topological polar surface area (TPSA) is 27.7 Å². The third kappa shape index (κ3) is 4.62. The van der Waals surface area contributed by atoms with E-state index in [-0.39, 0.29) is 11.7 Å². The fraction of sp³-hybridized carbons (Fsp3) is 0.500. The minimum Gasteiger partial charge on any atom is -0.488 e. The fourth-order valence-electron chi connectivity index (χ4n) is 2.85. The number of halogens is 1. The highest BCUT2D eigenvalue weighted by atomic mass is 35.5. The summed E-state index contributed by atoms with van der Waals surface area (Å²) in [4.78, 5) is 0. The highest BCUT2D eigenvalue weighted by molar-refractivity contribution is 6.31. The minimum absolute atomic E-state index is 0.0601. The summed E-state index contributed by atoms with van der Waals surface area (Å²) >= 11 is 6.13. The molecule has 0 amide bonds. The summed E-state index contributed by atoms with van der Waals surface area (Å²) in [5.41, 5.74) is 1.11. The summed E-state index contributed by atoms with van der Waals surface area (Å²) in [6.45, 7) is 12.0. The Kier molecular flexibility index (Phi) is 6.50. The van der Waals surface area contributed by atoms with Crippen LogP contribution in [0.2, 0.25) is 5.02 Å². The van der Waals surface area contributed by atoms with Crippen LogP contribution in [0.1, 0.15) is 40.2 Å². The van der Waals surface area contributed by atoms with Crippen LogP contribution in [0, 0.1) is 0 Å². The van der Waals surface area contributed by atoms with Crippen molar-refractivity contribution < 1.29 is 14.2 Å². The number of hydrogen-bond acceptors (Lipinski definition) is 3. The van der Waals surface area contributed by atoms with Gasteiger partial charge in [0.15, 0.2) is 6.29 Å². The first-order valence-corrected chi connectivity index (χ1v) is 8.83. The zero-order chi connectivity index (χ0) is 17.7. The standard InChI is InChI=1S/C20H27ClO3/c1-6-22-18(23-7-2)13-24-17-11-8-14-12-15(21)9-10-16(14)19(17)20(3,4)5/h8-12,18H,6-7,13H2,1-5H3. The molecule has 0 radical (unpaired) electrons. The van der Waals surface area contributed by atoms with Gasteiger partial charge in [0.2, 0.25) is 0 Å². The van der Waals surface area contributed by atoms with Gasteiger partial charge < -0.3 is 14.2 Å². The van der Waals surface area contributed by atoms with Gasteiger partial charge in [0.05, 0.1) is 0 Å². The van der Waals surface area contributed by atoms with E-state index in [4.69, 9.17) is 25.8 Å². The summed E-state index contributed by atoms with van der Waals surface area (Å²) in [5, 5.41) is 3.02. The Morgan fingerprint density at radius 1 is 1.00 bits per heavy atom. The number of ether oxygens (including phenoxy) is 3. The van der Waals surface area contributed by atoms with Crippen molar-refractivity contribution in [2.75, 3.05) is 19.8 Å². The monoisotopic (exact) mass is 350 g/mol. The molecule has 0 N–H and O–H groups in total. The molecule has 4 heteroatoms. The fourth-order valence-corrected chi connectivity index (χ4v) is 3.03. The lowest BCUT2D eigenvalue weighted by Gasteiger charge is -2.26. The van der Waals surface area contributed by atoms with Gasteiger partial charge in [-0.2, -0.15) is 0 Å². The van der Waals surface area contributed by atoms with Crippen molar-refractivity contribution in [3.63, 3.8) is 0 Å². The summed E-state index contributed by atoms with van der Waals surface area (Å²) < 4.78 is 17.2. The minimum atomic E-state index is -0.353. The molecule has 0 aromatic heterocycles. The predicted molar refractivity (Wildman–Crippen MR) is 100 cm³/mol. The second kappa shape index (κ2) is 8.19. The molecule has 3 nitrogen and oxygen atoms in total. The first-order chi connectivity index (χ1) is 11.4. The molecule has 0 spiro atoms. The van der Waals surface area contributed by atoms with Gasteiger partial charge in [0, 0.05) is 23.8 Å². The van der Waals surface area contributed by atoms with Crippen LogP contribution >= 0.6 is 11.6 Å². The van der Waals surface area contributed by atoms with Gasteiger partial charge in [-0.25, -0.2) is 0 Å². The molecule has 0 saturated heterocycles. The molecular weight excluding hydrogens is 324 g/mol. The molecule has 0 unspecified atom stereocenters. The van der Waals surface area contributed by atoms with Crippen LogP contribution in [0.4, 0.5) is 0 Å². The Morgan fingerprint density at radius 3 is 2.25 bits per heavy atom. The Balaban J connectivity index is 2.37. The van der Waals surface area contributed by atoms with Crippen LogP contribution in [0.15, 0.2) is 30.3 Å². The van der Waals surface area contributed by atoms with Crippen molar-refractivity contribution in [2.45, 2.75) is 46.3 Å². The van der Waals surface area contributed by atoms with Crippen molar-refractivity contribution in [3.8, 4) is 5.75 Å². The maximum Gasteiger partial charge on any atom is 0.191 e. The highest BCUT2D eigenvalue weighted by Gasteiger charge is 2.23. The normalized spacial score (nSPS) is 12.1. The second-order valence-corrected chi connectivity index (χ2v) is 7.14. The van der Waals surface area contributed by atoms with E-state index in [0.717, 1.165) is 21.5 Å². The molecule has 0 saturated carbocycles. The van der Waals surface area contributed by atoms with Crippen LogP contribution in [0.5, 0.6) is 5.75 Å². The quantitative estimate of drug-likeness (QED) is 0.611. The third-order valence-corrected chi connectivity index (χ3v) is 4.01. The van der Waals surface area contributed by atoms with E-state index in [0.29, 0.717) is 19.8 Å². The molecule has 24 heavy (non-hydrogen) atoms. The van der Waals surface area contributed by atoms with Crippen molar-refractivity contribution in [1.29, 1.82) is 0 Å². The van der Waals surface area contributed by atoms with Gasteiger partial charge in [-0.3, -0.25) is 0 Å². The van der Waals surface area contributed by atoms with E-state index in [1.54, 1.807) is 0 Å². The molecule has 0 atom stereocenters. The Bertz CT molecular complexity index is 670. The summed E-state index contributed by atoms with van der Waals surface area (Å²) in [6.07, 6.45) is -0.353. The van der Waals surface area contributed by atoms with Gasteiger partial charge in [-0.05, 0) is 48.2 Å². The average Bonchev–Trinajstić information content (AvgIpc) is 2.51. The molecular formula is C20H27ClO3. The van der Waals surface area contributed by atoms with Crippen molar-refractivity contribution in [1.82, 2.24) is 0 Å². The van der Waals surface area contributed by atoms with Crippen LogP contribution in [-0.2, 0) is 14.9 Å². The van der Waals surface area contributed by atoms with Crippen LogP contribution in [0.25, 0.3) is 10.8 Å². The Hall–Kier alpha value is -1.29. The van der Waals surface area contributed by atoms with Crippen LogP contribution in [-0.4, -0.2) is 26.1 Å². The maximum absolute atomic E-state index is 6.13. The Labute approximate surface area is 149 Å². The molecule has 0 aliphatic heterocycles. The molecule has 0 fully saturated rings. The second-order valence-electron chi connectivity index (χ2n) is 6.71. The van der Waals surface area contributed by atoms with Crippen molar-refractivity contribution >= 4 is 22.4 Å². The predicted octanol–water partition coefficient (Wildman–Crippen LogP) is 5.57. The van der Waals surface area contributed by atoms with Gasteiger partial charge in [-0.1, -0.05) is 44.5 Å². The molecule has 0 heterocycles. The van der Waals surface area contributed by atoms with E-state index in [9.17, 15) is 0 Å². The number of hydrogen-bond donors (Lipinski definition) is 0.